The molecule has 0 unspecified atom stereocenters. The topological polar surface area (TPSA) is 67.4 Å². The van der Waals surface area contributed by atoms with Crippen LogP contribution in [0.4, 0.5) is 8.78 Å². The number of ether oxygens (including phenoxy) is 2. The van der Waals surface area contributed by atoms with Crippen molar-refractivity contribution in [3.05, 3.63) is 48.2 Å². The number of hydrogen-bond acceptors (Lipinski definition) is 4. The Bertz CT molecular complexity index is 820. The van der Waals surface area contributed by atoms with Gasteiger partial charge in [-0.25, -0.2) is 8.78 Å². The van der Waals surface area contributed by atoms with E-state index in [0.717, 1.165) is 17.5 Å². The number of fused-ring (bicyclic) bond motifs is 1. The van der Waals surface area contributed by atoms with Crippen LogP contribution in [-0.2, 0) is 0 Å². The molecule has 1 aromatic heterocycles. The lowest BCUT2D eigenvalue weighted by atomic mass is 10.2. The van der Waals surface area contributed by atoms with E-state index in [1.165, 1.54) is 6.07 Å². The minimum Gasteiger partial charge on any atom is -0.493 e. The third-order valence-electron chi connectivity index (χ3n) is 3.18. The molecule has 23 heavy (non-hydrogen) atoms. The molecule has 0 spiro atoms. The maximum atomic E-state index is 13.7. The van der Waals surface area contributed by atoms with Crippen LogP contribution in [0, 0.1) is 11.6 Å². The van der Waals surface area contributed by atoms with Crippen LogP contribution in [0.25, 0.3) is 10.9 Å². The number of aliphatic hydroxyl groups is 1. The normalized spacial score (nSPS) is 10.9. The Morgan fingerprint density at radius 1 is 1.13 bits per heavy atom. The molecule has 0 fully saturated rings. The van der Waals surface area contributed by atoms with E-state index in [9.17, 15) is 8.78 Å². The molecule has 7 heteroatoms. The summed E-state index contributed by atoms with van der Waals surface area (Å²) in [4.78, 5) is 0. The molecule has 1 heterocycles. The maximum Gasteiger partial charge on any atom is 0.168 e. The number of H-pyrrole nitrogens is 1. The Hall–Kier alpha value is -2.67. The van der Waals surface area contributed by atoms with Crippen LogP contribution >= 0.6 is 0 Å². The number of nitrogens with one attached hydrogen (secondary N) is 1. The van der Waals surface area contributed by atoms with Crippen LogP contribution in [0.1, 0.15) is 6.42 Å². The smallest absolute Gasteiger partial charge is 0.168 e. The van der Waals surface area contributed by atoms with Crippen molar-refractivity contribution in [3.63, 3.8) is 0 Å². The Kier molecular flexibility index (Phi) is 4.38. The monoisotopic (exact) mass is 320 g/mol. The SMILES string of the molecule is OCCCOc1cc(Oc2ccc(F)cc2F)cc2[nH]ncc12. The van der Waals surface area contributed by atoms with E-state index in [1.807, 2.05) is 0 Å². The Morgan fingerprint density at radius 3 is 2.78 bits per heavy atom. The quantitative estimate of drug-likeness (QED) is 0.683. The number of aromatic nitrogens is 2. The fourth-order valence-corrected chi connectivity index (χ4v) is 2.10. The number of halogens is 2. The van der Waals surface area contributed by atoms with E-state index < -0.39 is 11.6 Å². The van der Waals surface area contributed by atoms with Gasteiger partial charge in [-0.05, 0) is 12.1 Å². The zero-order valence-electron chi connectivity index (χ0n) is 12.1. The zero-order chi connectivity index (χ0) is 16.2. The molecule has 0 aliphatic heterocycles. The van der Waals surface area contributed by atoms with Gasteiger partial charge in [-0.1, -0.05) is 0 Å². The first-order chi connectivity index (χ1) is 11.2. The predicted octanol–water partition coefficient (Wildman–Crippen LogP) is 3.39. The molecule has 3 rings (SSSR count). The van der Waals surface area contributed by atoms with E-state index in [0.29, 0.717) is 30.0 Å². The number of hydrogen-bond donors (Lipinski definition) is 2. The lowest BCUT2D eigenvalue weighted by molar-refractivity contribution is 0.234. The van der Waals surface area contributed by atoms with Crippen LogP contribution in [0.3, 0.4) is 0 Å². The standard InChI is InChI=1S/C16H14F2N2O3/c17-10-2-3-15(13(18)6-10)23-11-7-14-12(9-19-20-14)16(8-11)22-5-1-4-21/h2-3,6-9,21H,1,4-5H2,(H,19,20). The molecule has 0 saturated carbocycles. The summed E-state index contributed by atoms with van der Waals surface area (Å²) in [5, 5.41) is 16.3. The summed E-state index contributed by atoms with van der Waals surface area (Å²) < 4.78 is 37.7. The van der Waals surface area contributed by atoms with E-state index >= 15 is 0 Å². The third kappa shape index (κ3) is 3.40. The molecule has 0 aliphatic rings. The largest absolute Gasteiger partial charge is 0.493 e. The summed E-state index contributed by atoms with van der Waals surface area (Å²) in [6.45, 7) is 0.344. The summed E-state index contributed by atoms with van der Waals surface area (Å²) in [6.07, 6.45) is 2.09. The van der Waals surface area contributed by atoms with Crippen molar-refractivity contribution < 1.29 is 23.4 Å². The van der Waals surface area contributed by atoms with E-state index in [1.54, 1.807) is 18.3 Å². The predicted molar refractivity (Wildman–Crippen MR) is 79.7 cm³/mol. The molecular formula is C16H14F2N2O3. The Labute approximate surface area is 130 Å². The molecule has 0 aliphatic carbocycles. The molecular weight excluding hydrogens is 306 g/mol. The molecule has 2 aromatic carbocycles. The van der Waals surface area contributed by atoms with Gasteiger partial charge in [0, 0.05) is 31.2 Å². The van der Waals surface area contributed by atoms with Gasteiger partial charge in [-0.3, -0.25) is 5.10 Å². The van der Waals surface area contributed by atoms with Crippen molar-refractivity contribution in [1.82, 2.24) is 10.2 Å². The number of rotatable bonds is 6. The van der Waals surface area contributed by atoms with E-state index in [4.69, 9.17) is 14.6 Å². The highest BCUT2D eigenvalue weighted by Gasteiger charge is 2.11. The Balaban J connectivity index is 1.91. The van der Waals surface area contributed by atoms with Gasteiger partial charge in [0.1, 0.15) is 17.3 Å². The van der Waals surface area contributed by atoms with E-state index in [-0.39, 0.29) is 12.4 Å². The first-order valence-corrected chi connectivity index (χ1v) is 7.01. The molecule has 2 N–H and O–H groups in total. The highest BCUT2D eigenvalue weighted by atomic mass is 19.1. The van der Waals surface area contributed by atoms with Gasteiger partial charge in [0.15, 0.2) is 11.6 Å². The van der Waals surface area contributed by atoms with Gasteiger partial charge in [-0.15, -0.1) is 0 Å². The average molecular weight is 320 g/mol. The molecule has 120 valence electrons. The zero-order valence-corrected chi connectivity index (χ0v) is 12.1. The number of benzene rings is 2. The fourth-order valence-electron chi connectivity index (χ4n) is 2.10. The minimum atomic E-state index is -0.794. The van der Waals surface area contributed by atoms with Gasteiger partial charge in [-0.2, -0.15) is 5.10 Å². The molecule has 0 atom stereocenters. The molecule has 0 radical (unpaired) electrons. The molecule has 5 nitrogen and oxygen atoms in total. The van der Waals surface area contributed by atoms with E-state index in [2.05, 4.69) is 10.2 Å². The van der Waals surface area contributed by atoms with Crippen molar-refractivity contribution in [2.45, 2.75) is 6.42 Å². The summed E-state index contributed by atoms with van der Waals surface area (Å²) in [7, 11) is 0. The first-order valence-electron chi connectivity index (χ1n) is 7.01. The number of nitrogens with zero attached hydrogens (tertiary/aromatic N) is 1. The van der Waals surface area contributed by atoms with Crippen LogP contribution in [0.2, 0.25) is 0 Å². The summed E-state index contributed by atoms with van der Waals surface area (Å²) in [5.41, 5.74) is 0.656. The van der Waals surface area contributed by atoms with Crippen molar-refractivity contribution in [2.24, 2.45) is 0 Å². The maximum absolute atomic E-state index is 13.7. The second kappa shape index (κ2) is 6.62. The number of aliphatic hydroxyl groups excluding tert-OH is 1. The number of aromatic amines is 1. The van der Waals surface area contributed by atoms with Crippen LogP contribution in [-0.4, -0.2) is 28.5 Å². The van der Waals surface area contributed by atoms with Gasteiger partial charge >= 0.3 is 0 Å². The fraction of sp³-hybridized carbons (Fsp3) is 0.188. The lowest BCUT2D eigenvalue weighted by Crippen LogP contribution is -2.00. The highest BCUT2D eigenvalue weighted by molar-refractivity contribution is 5.86. The summed E-state index contributed by atoms with van der Waals surface area (Å²) in [5.74, 6) is -0.732. The van der Waals surface area contributed by atoms with Gasteiger partial charge < -0.3 is 14.6 Å². The summed E-state index contributed by atoms with van der Waals surface area (Å²) in [6, 6.07) is 6.32. The summed E-state index contributed by atoms with van der Waals surface area (Å²) >= 11 is 0. The van der Waals surface area contributed by atoms with Crippen molar-refractivity contribution in [1.29, 1.82) is 0 Å². The minimum absolute atomic E-state index is 0.0194. The van der Waals surface area contributed by atoms with Crippen LogP contribution in [0.15, 0.2) is 36.5 Å². The van der Waals surface area contributed by atoms with Crippen LogP contribution < -0.4 is 9.47 Å². The van der Waals surface area contributed by atoms with Gasteiger partial charge in [0.25, 0.3) is 0 Å². The Morgan fingerprint density at radius 2 is 2.00 bits per heavy atom. The molecule has 0 bridgehead atoms. The lowest BCUT2D eigenvalue weighted by Gasteiger charge is -2.11. The second-order valence-corrected chi connectivity index (χ2v) is 4.86. The van der Waals surface area contributed by atoms with Crippen LogP contribution in [0.5, 0.6) is 17.2 Å². The van der Waals surface area contributed by atoms with Gasteiger partial charge in [0.05, 0.1) is 23.7 Å². The highest BCUT2D eigenvalue weighted by Crippen LogP contribution is 2.33. The molecule has 3 aromatic rings. The average Bonchev–Trinajstić information content (AvgIpc) is 2.99. The van der Waals surface area contributed by atoms with Crippen molar-refractivity contribution in [2.75, 3.05) is 13.2 Å². The third-order valence-corrected chi connectivity index (χ3v) is 3.18. The first kappa shape index (κ1) is 15.2. The second-order valence-electron chi connectivity index (χ2n) is 4.86. The van der Waals surface area contributed by atoms with Crippen molar-refractivity contribution >= 4 is 10.9 Å². The van der Waals surface area contributed by atoms with Gasteiger partial charge in [0.2, 0.25) is 0 Å². The van der Waals surface area contributed by atoms with Crippen molar-refractivity contribution in [3.8, 4) is 17.2 Å². The molecule has 0 amide bonds. The molecule has 0 saturated heterocycles.